The maximum atomic E-state index is 6.57. The topological polar surface area (TPSA) is 21.8 Å². The van der Waals surface area contributed by atoms with Gasteiger partial charge in [0.05, 0.1) is 12.2 Å². The monoisotopic (exact) mass is 462 g/mol. The highest BCUT2D eigenvalue weighted by Gasteiger charge is 2.50. The minimum Gasteiger partial charge on any atom is -0.479 e. The molecule has 0 radical (unpaired) electrons. The summed E-state index contributed by atoms with van der Waals surface area (Å²) in [7, 11) is 0. The van der Waals surface area contributed by atoms with Gasteiger partial charge in [0, 0.05) is 12.3 Å². The molecule has 2 aliphatic carbocycles. The molecule has 0 aromatic heterocycles. The summed E-state index contributed by atoms with van der Waals surface area (Å²) in [6, 6.07) is 0. The van der Waals surface area contributed by atoms with Crippen LogP contribution in [0.5, 0.6) is 0 Å². The molecule has 0 aromatic rings. The number of hydrogen-bond acceptors (Lipinski definition) is 2. The number of fused-ring (bicyclic) bond motifs is 2. The molecule has 4 aliphatic rings. The summed E-state index contributed by atoms with van der Waals surface area (Å²) in [5, 5.41) is 0. The Bertz CT molecular complexity index is 887. The summed E-state index contributed by atoms with van der Waals surface area (Å²) in [6.07, 6.45) is 18.6. The van der Waals surface area contributed by atoms with Gasteiger partial charge in [0.1, 0.15) is 5.60 Å². The van der Waals surface area contributed by atoms with E-state index in [1.54, 1.807) is 0 Å². The molecule has 186 valence electrons. The Morgan fingerprint density at radius 3 is 2.68 bits per heavy atom. The smallest absolute Gasteiger partial charge is 0.167 e. The normalized spacial score (nSPS) is 35.7. The van der Waals surface area contributed by atoms with E-state index in [0.29, 0.717) is 23.5 Å². The van der Waals surface area contributed by atoms with Crippen LogP contribution in [0.3, 0.4) is 0 Å². The van der Waals surface area contributed by atoms with Crippen LogP contribution in [0.4, 0.5) is 0 Å². The molecule has 2 heteroatoms. The van der Waals surface area contributed by atoms with Crippen LogP contribution in [0, 0.1) is 46.9 Å². The lowest BCUT2D eigenvalue weighted by molar-refractivity contribution is -0.0642. The molecule has 6 atom stereocenters. The van der Waals surface area contributed by atoms with Crippen molar-refractivity contribution < 1.29 is 9.47 Å². The van der Waals surface area contributed by atoms with Crippen LogP contribution in [0.2, 0.25) is 0 Å². The molecule has 4 rings (SSSR count). The van der Waals surface area contributed by atoms with Crippen LogP contribution in [0.1, 0.15) is 111 Å². The molecule has 0 N–H and O–H groups in total. The first kappa shape index (κ1) is 25.5. The summed E-state index contributed by atoms with van der Waals surface area (Å²) in [5.74, 6) is 15.3. The zero-order chi connectivity index (χ0) is 24.2. The highest BCUT2D eigenvalue weighted by atomic mass is 16.6. The summed E-state index contributed by atoms with van der Waals surface area (Å²) in [4.78, 5) is 0. The fourth-order valence-corrected chi connectivity index (χ4v) is 6.73. The number of ether oxygens (including phenoxy) is 2. The van der Waals surface area contributed by atoms with Gasteiger partial charge < -0.3 is 9.47 Å². The molecule has 1 saturated heterocycles. The molecule has 2 nitrogen and oxygen atoms in total. The third-order valence-electron chi connectivity index (χ3n) is 9.24. The van der Waals surface area contributed by atoms with Crippen molar-refractivity contribution in [3.63, 3.8) is 0 Å². The van der Waals surface area contributed by atoms with E-state index >= 15 is 0 Å². The lowest BCUT2D eigenvalue weighted by Gasteiger charge is -2.53. The van der Waals surface area contributed by atoms with E-state index in [4.69, 9.17) is 9.47 Å². The van der Waals surface area contributed by atoms with E-state index in [1.165, 1.54) is 63.4 Å². The number of hydrogen-bond donors (Lipinski definition) is 0. The molecular formula is C32H46O2. The second-order valence-corrected chi connectivity index (χ2v) is 12.2. The van der Waals surface area contributed by atoms with E-state index in [0.717, 1.165) is 43.3 Å². The lowest BCUT2D eigenvalue weighted by Crippen LogP contribution is -2.46. The molecule has 0 amide bonds. The zero-order valence-corrected chi connectivity index (χ0v) is 22.2. The molecule has 6 unspecified atom stereocenters. The molecule has 0 spiro atoms. The Morgan fingerprint density at radius 1 is 1.06 bits per heavy atom. The minimum absolute atomic E-state index is 0.126. The predicted octanol–water partition coefficient (Wildman–Crippen LogP) is 7.98. The molecule has 2 heterocycles. The Labute approximate surface area is 209 Å². The second-order valence-electron chi connectivity index (χ2n) is 12.2. The quantitative estimate of drug-likeness (QED) is 0.165. The van der Waals surface area contributed by atoms with Crippen LogP contribution < -0.4 is 0 Å². The second kappa shape index (κ2) is 11.0. The average Bonchev–Trinajstić information content (AvgIpc) is 3.53. The molecule has 2 aliphatic heterocycles. The van der Waals surface area contributed by atoms with Crippen molar-refractivity contribution in [2.45, 2.75) is 129 Å². The fourth-order valence-electron chi connectivity index (χ4n) is 6.73. The number of epoxide rings is 1. The van der Waals surface area contributed by atoms with Gasteiger partial charge in [-0.1, -0.05) is 70.9 Å². The molecule has 0 aromatic carbocycles. The minimum atomic E-state index is -0.126. The number of unbranched alkanes of at least 4 members (excludes halogenated alkanes) is 4. The first-order valence-corrected chi connectivity index (χ1v) is 14.0. The van der Waals surface area contributed by atoms with Crippen LogP contribution >= 0.6 is 0 Å². The van der Waals surface area contributed by atoms with Crippen molar-refractivity contribution in [3.05, 3.63) is 24.0 Å². The van der Waals surface area contributed by atoms with Gasteiger partial charge >= 0.3 is 0 Å². The van der Waals surface area contributed by atoms with Crippen molar-refractivity contribution in [1.82, 2.24) is 0 Å². The Hall–Kier alpha value is -1.64. The number of rotatable bonds is 7. The van der Waals surface area contributed by atoms with Gasteiger partial charge in [-0.05, 0) is 93.0 Å². The summed E-state index contributed by atoms with van der Waals surface area (Å²) in [5.41, 5.74) is 1.79. The molecular weight excluding hydrogens is 416 g/mol. The summed E-state index contributed by atoms with van der Waals surface area (Å²) >= 11 is 0. The first-order valence-electron chi connectivity index (χ1n) is 14.0. The molecule has 2 saturated carbocycles. The van der Waals surface area contributed by atoms with Gasteiger partial charge in [-0.15, -0.1) is 0 Å². The van der Waals surface area contributed by atoms with E-state index in [9.17, 15) is 0 Å². The van der Waals surface area contributed by atoms with E-state index in [-0.39, 0.29) is 5.60 Å². The highest BCUT2D eigenvalue weighted by molar-refractivity contribution is 5.35. The zero-order valence-electron chi connectivity index (χ0n) is 22.2. The van der Waals surface area contributed by atoms with Crippen molar-refractivity contribution in [3.8, 4) is 23.7 Å². The Kier molecular flexibility index (Phi) is 8.20. The maximum Gasteiger partial charge on any atom is 0.167 e. The third-order valence-corrected chi connectivity index (χ3v) is 9.24. The van der Waals surface area contributed by atoms with Gasteiger partial charge in [0.15, 0.2) is 5.76 Å². The van der Waals surface area contributed by atoms with Crippen molar-refractivity contribution in [2.75, 3.05) is 0 Å². The molecule has 3 fully saturated rings. The Balaban J connectivity index is 1.25. The predicted molar refractivity (Wildman–Crippen MR) is 141 cm³/mol. The lowest BCUT2D eigenvalue weighted by atomic mass is 9.52. The van der Waals surface area contributed by atoms with Crippen molar-refractivity contribution in [2.24, 2.45) is 23.2 Å². The highest BCUT2D eigenvalue weighted by Crippen LogP contribution is 2.58. The van der Waals surface area contributed by atoms with Gasteiger partial charge in [-0.2, -0.15) is 0 Å². The first-order chi connectivity index (χ1) is 16.3. The summed E-state index contributed by atoms with van der Waals surface area (Å²) in [6.45, 7) is 13.9. The van der Waals surface area contributed by atoms with Crippen molar-refractivity contribution >= 4 is 0 Å². The van der Waals surface area contributed by atoms with Crippen LogP contribution in [0.25, 0.3) is 0 Å². The fraction of sp³-hybridized carbons (Fsp3) is 0.750. The molecule has 34 heavy (non-hydrogen) atoms. The van der Waals surface area contributed by atoms with Gasteiger partial charge in [-0.3, -0.25) is 0 Å². The SMILES string of the molecule is C=C1CCC2CC=C(C#CC#CCC3OC3CCCCCCC)OC2(C)CCC2C1CC2(C)C. The largest absolute Gasteiger partial charge is 0.479 e. The third kappa shape index (κ3) is 6.13. The Morgan fingerprint density at radius 2 is 1.88 bits per heavy atom. The standard InChI is InChI=1S/C32H46O2/c1-6-7-8-9-12-15-29-30(33-29)16-13-10-11-14-26-20-19-25-18-17-24(2)27-23-31(3,4)28(27)21-22-32(25,5)34-26/h20,25,27-30H,2,6-9,12,15-19,21-23H2,1,3-5H3. The van der Waals surface area contributed by atoms with E-state index < -0.39 is 0 Å². The van der Waals surface area contributed by atoms with Gasteiger partial charge in [-0.25, -0.2) is 0 Å². The maximum absolute atomic E-state index is 6.57. The van der Waals surface area contributed by atoms with E-state index in [1.807, 2.05) is 0 Å². The van der Waals surface area contributed by atoms with Crippen LogP contribution in [-0.2, 0) is 9.47 Å². The van der Waals surface area contributed by atoms with Crippen LogP contribution in [0.15, 0.2) is 24.0 Å². The van der Waals surface area contributed by atoms with Gasteiger partial charge in [0.25, 0.3) is 0 Å². The average molecular weight is 463 g/mol. The molecule has 0 bridgehead atoms. The van der Waals surface area contributed by atoms with Gasteiger partial charge in [0.2, 0.25) is 0 Å². The number of allylic oxidation sites excluding steroid dienone is 3. The van der Waals surface area contributed by atoms with Crippen LogP contribution in [-0.4, -0.2) is 17.8 Å². The van der Waals surface area contributed by atoms with Crippen molar-refractivity contribution in [1.29, 1.82) is 0 Å². The summed E-state index contributed by atoms with van der Waals surface area (Å²) < 4.78 is 12.3. The van der Waals surface area contributed by atoms with E-state index in [2.05, 4.69) is 64.0 Å².